The first-order valence-electron chi connectivity index (χ1n) is 6.43. The molecule has 0 unspecified atom stereocenters. The van der Waals surface area contributed by atoms with Crippen LogP contribution in [0, 0.1) is 11.8 Å². The predicted molar refractivity (Wildman–Crippen MR) is 84.4 cm³/mol. The summed E-state index contributed by atoms with van der Waals surface area (Å²) in [6.07, 6.45) is 0. The summed E-state index contributed by atoms with van der Waals surface area (Å²) < 4.78 is 5.09. The standard InChI is InChI=1S/C16H16N2O2S/c1-20-13-6-4-12(5-7-13)11-18-16(19)15-9-8-14(21-15)3-2-10-17/h4-9H,10-11,17H2,1H3,(H,18,19). The van der Waals surface area contributed by atoms with E-state index in [4.69, 9.17) is 10.5 Å². The van der Waals surface area contributed by atoms with Crippen LogP contribution in [0.25, 0.3) is 0 Å². The highest BCUT2D eigenvalue weighted by Gasteiger charge is 2.08. The van der Waals surface area contributed by atoms with Crippen molar-refractivity contribution in [2.75, 3.05) is 13.7 Å². The second-order valence-electron chi connectivity index (χ2n) is 4.20. The van der Waals surface area contributed by atoms with Crippen molar-refractivity contribution in [3.05, 3.63) is 51.7 Å². The number of ether oxygens (including phenoxy) is 1. The summed E-state index contributed by atoms with van der Waals surface area (Å²) >= 11 is 1.36. The Morgan fingerprint density at radius 1 is 1.29 bits per heavy atom. The fourth-order valence-electron chi connectivity index (χ4n) is 1.68. The van der Waals surface area contributed by atoms with Gasteiger partial charge < -0.3 is 15.8 Å². The van der Waals surface area contributed by atoms with Crippen molar-refractivity contribution >= 4 is 17.2 Å². The lowest BCUT2D eigenvalue weighted by atomic mass is 10.2. The largest absolute Gasteiger partial charge is 0.497 e. The Kier molecular flexibility index (Phi) is 5.38. The third-order valence-electron chi connectivity index (χ3n) is 2.76. The first-order valence-corrected chi connectivity index (χ1v) is 7.24. The number of nitrogens with two attached hydrogens (primary N) is 1. The van der Waals surface area contributed by atoms with E-state index in [1.807, 2.05) is 30.3 Å². The minimum Gasteiger partial charge on any atom is -0.497 e. The van der Waals surface area contributed by atoms with Crippen LogP contribution in [-0.4, -0.2) is 19.6 Å². The first-order chi connectivity index (χ1) is 10.2. The molecule has 1 amide bonds. The van der Waals surface area contributed by atoms with Crippen molar-refractivity contribution in [3.63, 3.8) is 0 Å². The average molecular weight is 300 g/mol. The Bertz CT molecular complexity index is 666. The van der Waals surface area contributed by atoms with Gasteiger partial charge in [-0.3, -0.25) is 4.79 Å². The topological polar surface area (TPSA) is 64.3 Å². The molecular weight excluding hydrogens is 284 g/mol. The van der Waals surface area contributed by atoms with Crippen LogP contribution in [0.3, 0.4) is 0 Å². The number of nitrogens with one attached hydrogen (secondary N) is 1. The molecule has 5 heteroatoms. The van der Waals surface area contributed by atoms with Crippen molar-refractivity contribution in [2.24, 2.45) is 5.73 Å². The highest BCUT2D eigenvalue weighted by molar-refractivity contribution is 7.14. The molecule has 1 aromatic carbocycles. The number of carbonyl (C=O) groups is 1. The number of benzene rings is 1. The van der Waals surface area contributed by atoms with Crippen LogP contribution in [0.1, 0.15) is 20.1 Å². The van der Waals surface area contributed by atoms with Crippen molar-refractivity contribution in [3.8, 4) is 17.6 Å². The number of amides is 1. The van der Waals surface area contributed by atoms with Gasteiger partial charge in [-0.05, 0) is 29.8 Å². The van der Waals surface area contributed by atoms with Crippen molar-refractivity contribution in [1.82, 2.24) is 5.32 Å². The van der Waals surface area contributed by atoms with Gasteiger partial charge in [-0.2, -0.15) is 0 Å². The molecule has 0 aliphatic carbocycles. The Labute approximate surface area is 127 Å². The second kappa shape index (κ2) is 7.48. The molecule has 1 aromatic heterocycles. The van der Waals surface area contributed by atoms with Gasteiger partial charge in [0.25, 0.3) is 5.91 Å². The van der Waals surface area contributed by atoms with Crippen LogP contribution >= 0.6 is 11.3 Å². The van der Waals surface area contributed by atoms with Gasteiger partial charge in [0.05, 0.1) is 23.4 Å². The maximum absolute atomic E-state index is 12.0. The third kappa shape index (κ3) is 4.35. The summed E-state index contributed by atoms with van der Waals surface area (Å²) in [6, 6.07) is 11.2. The Balaban J connectivity index is 1.93. The number of carbonyl (C=O) groups excluding carboxylic acids is 1. The van der Waals surface area contributed by atoms with Gasteiger partial charge in [0, 0.05) is 6.54 Å². The van der Waals surface area contributed by atoms with Crippen LogP contribution < -0.4 is 15.8 Å². The molecule has 2 aromatic rings. The van der Waals surface area contributed by atoms with Gasteiger partial charge in [0.2, 0.25) is 0 Å². The molecule has 0 bridgehead atoms. The van der Waals surface area contributed by atoms with Gasteiger partial charge >= 0.3 is 0 Å². The number of thiophene rings is 1. The van der Waals surface area contributed by atoms with E-state index in [0.717, 1.165) is 16.2 Å². The third-order valence-corrected chi connectivity index (χ3v) is 3.76. The summed E-state index contributed by atoms with van der Waals surface area (Å²) in [4.78, 5) is 13.5. The van der Waals surface area contributed by atoms with Gasteiger partial charge in [0.1, 0.15) is 5.75 Å². The van der Waals surface area contributed by atoms with E-state index in [1.54, 1.807) is 13.2 Å². The molecule has 108 valence electrons. The SMILES string of the molecule is COc1ccc(CNC(=O)c2ccc(C#CCN)s2)cc1. The van der Waals surface area contributed by atoms with Crippen LogP contribution in [0.2, 0.25) is 0 Å². The summed E-state index contributed by atoms with van der Waals surface area (Å²) in [5.74, 6) is 6.38. The molecule has 0 fully saturated rings. The monoisotopic (exact) mass is 300 g/mol. The molecule has 0 aliphatic heterocycles. The molecule has 0 aliphatic rings. The van der Waals surface area contributed by atoms with Crippen LogP contribution in [0.5, 0.6) is 5.75 Å². The van der Waals surface area contributed by atoms with Crippen LogP contribution in [0.4, 0.5) is 0 Å². The maximum Gasteiger partial charge on any atom is 0.261 e. The lowest BCUT2D eigenvalue weighted by Gasteiger charge is -2.05. The van der Waals surface area contributed by atoms with E-state index in [9.17, 15) is 4.79 Å². The van der Waals surface area contributed by atoms with E-state index in [-0.39, 0.29) is 5.91 Å². The molecule has 0 radical (unpaired) electrons. The van der Waals surface area contributed by atoms with Crippen LogP contribution in [-0.2, 0) is 6.54 Å². The fourth-order valence-corrected chi connectivity index (χ4v) is 2.48. The van der Waals surface area contributed by atoms with Crippen molar-refractivity contribution < 1.29 is 9.53 Å². The zero-order chi connectivity index (χ0) is 15.1. The maximum atomic E-state index is 12.0. The highest BCUT2D eigenvalue weighted by atomic mass is 32.1. The Morgan fingerprint density at radius 2 is 2.05 bits per heavy atom. The summed E-state index contributed by atoms with van der Waals surface area (Å²) in [5.41, 5.74) is 6.34. The van der Waals surface area contributed by atoms with Crippen LogP contribution in [0.15, 0.2) is 36.4 Å². The Morgan fingerprint density at radius 3 is 2.71 bits per heavy atom. The van der Waals surface area contributed by atoms with Gasteiger partial charge in [-0.15, -0.1) is 11.3 Å². The summed E-state index contributed by atoms with van der Waals surface area (Å²) in [5, 5.41) is 2.88. The van der Waals surface area contributed by atoms with Gasteiger partial charge in [-0.1, -0.05) is 24.0 Å². The number of methoxy groups -OCH3 is 1. The highest BCUT2D eigenvalue weighted by Crippen LogP contribution is 2.16. The normalized spacial score (nSPS) is 9.62. The lowest BCUT2D eigenvalue weighted by molar-refractivity contribution is 0.0955. The van der Waals surface area contributed by atoms with E-state index in [1.165, 1.54) is 11.3 Å². The minimum atomic E-state index is -0.100. The molecule has 0 spiro atoms. The zero-order valence-electron chi connectivity index (χ0n) is 11.7. The molecular formula is C16H16N2O2S. The molecule has 1 heterocycles. The predicted octanol–water partition coefficient (Wildman–Crippen LogP) is 2.00. The van der Waals surface area contributed by atoms with E-state index in [0.29, 0.717) is 18.0 Å². The van der Waals surface area contributed by atoms with E-state index in [2.05, 4.69) is 17.2 Å². The van der Waals surface area contributed by atoms with Crippen molar-refractivity contribution in [2.45, 2.75) is 6.54 Å². The molecule has 21 heavy (non-hydrogen) atoms. The summed E-state index contributed by atoms with van der Waals surface area (Å²) in [7, 11) is 1.62. The van der Waals surface area contributed by atoms with E-state index >= 15 is 0 Å². The fraction of sp³-hybridized carbons (Fsp3) is 0.188. The Hall–Kier alpha value is -2.29. The molecule has 0 saturated carbocycles. The first kappa shape index (κ1) is 15.1. The van der Waals surface area contributed by atoms with Crippen molar-refractivity contribution in [1.29, 1.82) is 0 Å². The average Bonchev–Trinajstić information content (AvgIpc) is 3.00. The van der Waals surface area contributed by atoms with Gasteiger partial charge in [-0.25, -0.2) is 0 Å². The lowest BCUT2D eigenvalue weighted by Crippen LogP contribution is -2.21. The smallest absolute Gasteiger partial charge is 0.261 e. The minimum absolute atomic E-state index is 0.100. The number of hydrogen-bond donors (Lipinski definition) is 2. The molecule has 3 N–H and O–H groups in total. The molecule has 4 nitrogen and oxygen atoms in total. The van der Waals surface area contributed by atoms with Gasteiger partial charge in [0.15, 0.2) is 0 Å². The zero-order valence-corrected chi connectivity index (χ0v) is 12.5. The quantitative estimate of drug-likeness (QED) is 0.849. The van der Waals surface area contributed by atoms with E-state index < -0.39 is 0 Å². The molecule has 2 rings (SSSR count). The second-order valence-corrected chi connectivity index (χ2v) is 5.28. The number of hydrogen-bond acceptors (Lipinski definition) is 4. The molecule has 0 saturated heterocycles. The molecule has 0 atom stereocenters. The summed E-state index contributed by atoms with van der Waals surface area (Å²) in [6.45, 7) is 0.793. The number of rotatable bonds is 4.